The lowest BCUT2D eigenvalue weighted by molar-refractivity contribution is 0.121. The number of aromatic nitrogens is 2. The fourth-order valence-electron chi connectivity index (χ4n) is 4.23. The maximum absolute atomic E-state index is 14.4. The van der Waals surface area contributed by atoms with Crippen LogP contribution in [0.3, 0.4) is 0 Å². The van der Waals surface area contributed by atoms with E-state index in [1.807, 2.05) is 24.8 Å². The Morgan fingerprint density at radius 3 is 2.58 bits per heavy atom. The molecule has 1 atom stereocenters. The van der Waals surface area contributed by atoms with Crippen molar-refractivity contribution >= 4 is 32.4 Å². The number of nitrogens with zero attached hydrogens (tertiary/aromatic N) is 3. The van der Waals surface area contributed by atoms with Gasteiger partial charge in [-0.15, -0.1) is 0 Å². The monoisotopic (exact) mass is 474 g/mol. The smallest absolute Gasteiger partial charge is 0.262 e. The summed E-state index contributed by atoms with van der Waals surface area (Å²) in [6.45, 7) is 6.08. The van der Waals surface area contributed by atoms with Crippen LogP contribution in [0.15, 0.2) is 40.0 Å². The van der Waals surface area contributed by atoms with Crippen molar-refractivity contribution in [2.75, 3.05) is 42.8 Å². The van der Waals surface area contributed by atoms with E-state index in [0.717, 1.165) is 23.4 Å². The SMILES string of the molecule is Cc1cc(C(C)Nc2cccc(F)c2S(C)(=O)=O)c2nc(N3CCOCC3)n(C)c(=O)c2c1. The fraction of sp³-hybridized carbons (Fsp3) is 0.391. The molecule has 1 unspecified atom stereocenters. The van der Waals surface area contributed by atoms with Crippen molar-refractivity contribution in [3.8, 4) is 0 Å². The Balaban J connectivity index is 1.85. The minimum absolute atomic E-state index is 0.164. The summed E-state index contributed by atoms with van der Waals surface area (Å²) in [5.74, 6) is -0.263. The molecule has 0 saturated carbocycles. The lowest BCUT2D eigenvalue weighted by atomic mass is 10.0. The Bertz CT molecular complexity index is 1380. The first-order valence-corrected chi connectivity index (χ1v) is 12.6. The molecule has 0 radical (unpaired) electrons. The molecule has 1 saturated heterocycles. The third-order valence-corrected chi connectivity index (χ3v) is 6.96. The first-order valence-electron chi connectivity index (χ1n) is 10.7. The van der Waals surface area contributed by atoms with Gasteiger partial charge in [0.1, 0.15) is 10.7 Å². The van der Waals surface area contributed by atoms with Crippen molar-refractivity contribution in [3.63, 3.8) is 0 Å². The van der Waals surface area contributed by atoms with Crippen LogP contribution < -0.4 is 15.8 Å². The molecule has 0 bridgehead atoms. The first-order chi connectivity index (χ1) is 15.6. The Kier molecular flexibility index (Phi) is 6.15. The van der Waals surface area contributed by atoms with Crippen LogP contribution in [0.5, 0.6) is 0 Å². The van der Waals surface area contributed by atoms with E-state index < -0.39 is 21.7 Å². The molecule has 1 aliphatic heterocycles. The van der Waals surface area contributed by atoms with Crippen LogP contribution in [0, 0.1) is 12.7 Å². The zero-order chi connectivity index (χ0) is 23.9. The van der Waals surface area contributed by atoms with Gasteiger partial charge in [-0.1, -0.05) is 12.1 Å². The lowest BCUT2D eigenvalue weighted by Gasteiger charge is -2.29. The minimum Gasteiger partial charge on any atom is -0.378 e. The highest BCUT2D eigenvalue weighted by Gasteiger charge is 2.23. The second-order valence-corrected chi connectivity index (χ2v) is 10.3. The summed E-state index contributed by atoms with van der Waals surface area (Å²) >= 11 is 0. The van der Waals surface area contributed by atoms with E-state index in [9.17, 15) is 17.6 Å². The van der Waals surface area contributed by atoms with Crippen molar-refractivity contribution < 1.29 is 17.5 Å². The van der Waals surface area contributed by atoms with Crippen LogP contribution in [-0.4, -0.2) is 50.5 Å². The predicted molar refractivity (Wildman–Crippen MR) is 126 cm³/mol. The van der Waals surface area contributed by atoms with Crippen molar-refractivity contribution in [1.82, 2.24) is 9.55 Å². The molecule has 0 aliphatic carbocycles. The average Bonchev–Trinajstić information content (AvgIpc) is 2.75. The van der Waals surface area contributed by atoms with Crippen LogP contribution in [0.4, 0.5) is 16.0 Å². The maximum Gasteiger partial charge on any atom is 0.262 e. The van der Waals surface area contributed by atoms with E-state index in [1.54, 1.807) is 17.7 Å². The number of fused-ring (bicyclic) bond motifs is 1. The van der Waals surface area contributed by atoms with Crippen LogP contribution in [-0.2, 0) is 21.6 Å². The zero-order valence-corrected chi connectivity index (χ0v) is 19.9. The number of ether oxygens (including phenoxy) is 1. The number of benzene rings is 2. The number of halogens is 1. The number of morpholine rings is 1. The predicted octanol–water partition coefficient (Wildman–Crippen LogP) is 2.79. The van der Waals surface area contributed by atoms with Crippen LogP contribution >= 0.6 is 0 Å². The van der Waals surface area contributed by atoms with Crippen molar-refractivity contribution in [1.29, 1.82) is 0 Å². The topological polar surface area (TPSA) is 93.5 Å². The summed E-state index contributed by atoms with van der Waals surface area (Å²) in [7, 11) is -2.10. The van der Waals surface area contributed by atoms with E-state index in [0.29, 0.717) is 43.2 Å². The number of sulfone groups is 1. The van der Waals surface area contributed by atoms with Crippen molar-refractivity contribution in [3.05, 3.63) is 57.6 Å². The highest BCUT2D eigenvalue weighted by molar-refractivity contribution is 7.90. The van der Waals surface area contributed by atoms with Crippen molar-refractivity contribution in [2.24, 2.45) is 7.05 Å². The number of nitrogens with one attached hydrogen (secondary N) is 1. The first kappa shape index (κ1) is 23.2. The van der Waals surface area contributed by atoms with E-state index in [-0.39, 0.29) is 16.1 Å². The molecule has 8 nitrogen and oxygen atoms in total. The molecule has 33 heavy (non-hydrogen) atoms. The summed E-state index contributed by atoms with van der Waals surface area (Å²) in [5, 5.41) is 3.60. The van der Waals surface area contributed by atoms with Crippen LogP contribution in [0.1, 0.15) is 24.1 Å². The van der Waals surface area contributed by atoms with E-state index in [1.165, 1.54) is 12.1 Å². The number of anilines is 2. The number of hydrogen-bond acceptors (Lipinski definition) is 7. The highest BCUT2D eigenvalue weighted by Crippen LogP contribution is 2.31. The second kappa shape index (κ2) is 8.75. The molecule has 0 spiro atoms. The largest absolute Gasteiger partial charge is 0.378 e. The van der Waals surface area contributed by atoms with Gasteiger partial charge in [0.05, 0.1) is 35.8 Å². The molecule has 176 valence electrons. The summed E-state index contributed by atoms with van der Waals surface area (Å²) in [5.41, 5.74) is 2.12. The minimum atomic E-state index is -3.80. The molecule has 2 aromatic carbocycles. The summed E-state index contributed by atoms with van der Waals surface area (Å²) in [6.07, 6.45) is 0.975. The van der Waals surface area contributed by atoms with Gasteiger partial charge in [-0.2, -0.15) is 0 Å². The maximum atomic E-state index is 14.4. The van der Waals surface area contributed by atoms with Gasteiger partial charge in [0.2, 0.25) is 5.95 Å². The molecular weight excluding hydrogens is 447 g/mol. The van der Waals surface area contributed by atoms with Gasteiger partial charge in [-0.05, 0) is 37.6 Å². The van der Waals surface area contributed by atoms with Gasteiger partial charge >= 0.3 is 0 Å². The fourth-order valence-corrected chi connectivity index (χ4v) is 5.18. The molecule has 2 heterocycles. The number of aryl methyl sites for hydroxylation is 1. The van der Waals surface area contributed by atoms with Gasteiger partial charge < -0.3 is 15.0 Å². The molecule has 4 rings (SSSR count). The Hall–Kier alpha value is -2.98. The summed E-state index contributed by atoms with van der Waals surface area (Å²) in [4.78, 5) is 19.7. The molecular formula is C23H27FN4O4S. The lowest BCUT2D eigenvalue weighted by Crippen LogP contribution is -2.40. The molecule has 1 N–H and O–H groups in total. The number of rotatable bonds is 5. The summed E-state index contributed by atoms with van der Waals surface area (Å²) < 4.78 is 45.8. The molecule has 1 fully saturated rings. The standard InChI is InChI=1S/C23H27FN4O4S/c1-14-12-16(15(2)25-19-7-5-6-18(24)21(19)33(4,30)31)20-17(13-14)22(29)27(3)23(26-20)28-8-10-32-11-9-28/h5-7,12-13,15,25H,8-11H2,1-4H3. The van der Waals surface area contributed by atoms with Gasteiger partial charge in [0.15, 0.2) is 9.84 Å². The Morgan fingerprint density at radius 2 is 1.91 bits per heavy atom. The van der Waals surface area contributed by atoms with Gasteiger partial charge in [0.25, 0.3) is 5.56 Å². The van der Waals surface area contributed by atoms with Gasteiger partial charge in [-0.25, -0.2) is 17.8 Å². The van der Waals surface area contributed by atoms with E-state index in [4.69, 9.17) is 9.72 Å². The normalized spacial score (nSPS) is 15.6. The third-order valence-electron chi connectivity index (χ3n) is 5.80. The summed E-state index contributed by atoms with van der Waals surface area (Å²) in [6, 6.07) is 7.36. The quantitative estimate of drug-likeness (QED) is 0.608. The second-order valence-electron chi connectivity index (χ2n) is 8.38. The Morgan fingerprint density at radius 1 is 1.21 bits per heavy atom. The zero-order valence-electron chi connectivity index (χ0n) is 19.1. The molecule has 1 aromatic heterocycles. The third kappa shape index (κ3) is 4.45. The molecule has 10 heteroatoms. The van der Waals surface area contributed by atoms with Crippen molar-refractivity contribution in [2.45, 2.75) is 24.8 Å². The van der Waals surface area contributed by atoms with Gasteiger partial charge in [-0.3, -0.25) is 9.36 Å². The molecule has 3 aromatic rings. The van der Waals surface area contributed by atoms with E-state index in [2.05, 4.69) is 5.32 Å². The average molecular weight is 475 g/mol. The van der Waals surface area contributed by atoms with E-state index >= 15 is 0 Å². The number of hydrogen-bond donors (Lipinski definition) is 1. The van der Waals surface area contributed by atoms with Crippen LogP contribution in [0.25, 0.3) is 10.9 Å². The van der Waals surface area contributed by atoms with Gasteiger partial charge in [0, 0.05) is 32.0 Å². The molecule has 0 amide bonds. The Labute approximate surface area is 191 Å². The van der Waals surface area contributed by atoms with Crippen LogP contribution in [0.2, 0.25) is 0 Å². The highest BCUT2D eigenvalue weighted by atomic mass is 32.2. The molecule has 1 aliphatic rings.